The van der Waals surface area contributed by atoms with Gasteiger partial charge >= 0.3 is 0 Å². The molecule has 0 saturated carbocycles. The van der Waals surface area contributed by atoms with Crippen molar-refractivity contribution in [3.05, 3.63) is 52.6 Å². The number of benzene rings is 1. The summed E-state index contributed by atoms with van der Waals surface area (Å²) in [6.45, 7) is 5.38. The Labute approximate surface area is 123 Å². The maximum Gasteiger partial charge on any atom is 0.128 e. The maximum atomic E-state index is 14.0. The van der Waals surface area contributed by atoms with Gasteiger partial charge in [-0.2, -0.15) is 5.10 Å². The number of nitrogens with zero attached hydrogens (tertiary/aromatic N) is 2. The van der Waals surface area contributed by atoms with Crippen LogP contribution in [0.5, 0.6) is 0 Å². The van der Waals surface area contributed by atoms with Gasteiger partial charge in [-0.05, 0) is 26.0 Å². The van der Waals surface area contributed by atoms with E-state index >= 15 is 0 Å². The summed E-state index contributed by atoms with van der Waals surface area (Å²) in [5.74, 6) is -0.197. The summed E-state index contributed by atoms with van der Waals surface area (Å²) in [6.07, 6.45) is 2.61. The van der Waals surface area contributed by atoms with Crippen molar-refractivity contribution in [2.24, 2.45) is 0 Å². The van der Waals surface area contributed by atoms with E-state index < -0.39 is 0 Å². The second kappa shape index (κ2) is 6.86. The SMILES string of the molecule is CCCNC(Cn1ncc(Cl)c1C)c1ccccc1F. The molecule has 5 heteroatoms. The topological polar surface area (TPSA) is 29.9 Å². The van der Waals surface area contributed by atoms with E-state index in [1.165, 1.54) is 6.07 Å². The molecule has 20 heavy (non-hydrogen) atoms. The van der Waals surface area contributed by atoms with E-state index in [-0.39, 0.29) is 11.9 Å². The first-order valence-corrected chi connectivity index (χ1v) is 7.17. The predicted molar refractivity (Wildman–Crippen MR) is 79.4 cm³/mol. The number of aromatic nitrogens is 2. The molecule has 1 aromatic heterocycles. The van der Waals surface area contributed by atoms with Crippen molar-refractivity contribution in [2.45, 2.75) is 32.9 Å². The molecule has 0 bridgehead atoms. The third-order valence-corrected chi connectivity index (χ3v) is 3.69. The molecule has 1 unspecified atom stereocenters. The molecule has 0 fully saturated rings. The molecule has 2 aromatic rings. The van der Waals surface area contributed by atoms with Crippen LogP contribution in [0, 0.1) is 12.7 Å². The highest BCUT2D eigenvalue weighted by Gasteiger charge is 2.17. The van der Waals surface area contributed by atoms with Crippen LogP contribution in [0.15, 0.2) is 30.5 Å². The molecular weight excluding hydrogens is 277 g/mol. The Kier molecular flexibility index (Phi) is 5.15. The molecule has 0 spiro atoms. The summed E-state index contributed by atoms with van der Waals surface area (Å²) in [5, 5.41) is 8.24. The molecule has 2 rings (SSSR count). The average molecular weight is 296 g/mol. The van der Waals surface area contributed by atoms with Crippen molar-refractivity contribution >= 4 is 11.6 Å². The Morgan fingerprint density at radius 3 is 2.75 bits per heavy atom. The van der Waals surface area contributed by atoms with Gasteiger partial charge in [0.15, 0.2) is 0 Å². The monoisotopic (exact) mass is 295 g/mol. The van der Waals surface area contributed by atoms with E-state index in [1.807, 2.05) is 23.7 Å². The summed E-state index contributed by atoms with van der Waals surface area (Å²) < 4.78 is 15.8. The summed E-state index contributed by atoms with van der Waals surface area (Å²) in [7, 11) is 0. The van der Waals surface area contributed by atoms with Crippen LogP contribution < -0.4 is 5.32 Å². The van der Waals surface area contributed by atoms with E-state index in [0.29, 0.717) is 17.1 Å². The highest BCUT2D eigenvalue weighted by molar-refractivity contribution is 6.31. The molecule has 108 valence electrons. The predicted octanol–water partition coefficient (Wildman–Crippen LogP) is 3.72. The van der Waals surface area contributed by atoms with E-state index in [9.17, 15) is 4.39 Å². The second-order valence-electron chi connectivity index (χ2n) is 4.79. The summed E-state index contributed by atoms with van der Waals surface area (Å²) in [4.78, 5) is 0. The molecule has 0 saturated heterocycles. The van der Waals surface area contributed by atoms with Crippen LogP contribution in [0.25, 0.3) is 0 Å². The number of hydrogen-bond acceptors (Lipinski definition) is 2. The van der Waals surface area contributed by atoms with Crippen molar-refractivity contribution in [2.75, 3.05) is 6.54 Å². The van der Waals surface area contributed by atoms with E-state index in [0.717, 1.165) is 18.7 Å². The van der Waals surface area contributed by atoms with Crippen molar-refractivity contribution in [3.8, 4) is 0 Å². The molecule has 1 atom stereocenters. The van der Waals surface area contributed by atoms with Gasteiger partial charge in [0, 0.05) is 5.56 Å². The van der Waals surface area contributed by atoms with E-state index in [1.54, 1.807) is 12.3 Å². The Bertz CT molecular complexity index is 568. The van der Waals surface area contributed by atoms with Crippen LogP contribution in [-0.4, -0.2) is 16.3 Å². The summed E-state index contributed by atoms with van der Waals surface area (Å²) in [5.41, 5.74) is 1.55. The van der Waals surface area contributed by atoms with Gasteiger partial charge in [-0.15, -0.1) is 0 Å². The lowest BCUT2D eigenvalue weighted by atomic mass is 10.1. The number of hydrogen-bond donors (Lipinski definition) is 1. The van der Waals surface area contributed by atoms with E-state index in [2.05, 4.69) is 17.3 Å². The quantitative estimate of drug-likeness (QED) is 0.880. The third-order valence-electron chi connectivity index (χ3n) is 3.32. The molecule has 3 nitrogen and oxygen atoms in total. The van der Waals surface area contributed by atoms with Crippen LogP contribution in [0.3, 0.4) is 0 Å². The number of halogens is 2. The Balaban J connectivity index is 2.24. The Morgan fingerprint density at radius 1 is 1.40 bits per heavy atom. The first-order valence-electron chi connectivity index (χ1n) is 6.79. The fourth-order valence-electron chi connectivity index (χ4n) is 2.13. The number of nitrogens with one attached hydrogen (secondary N) is 1. The molecule has 0 aliphatic carbocycles. The third kappa shape index (κ3) is 3.38. The van der Waals surface area contributed by atoms with Crippen molar-refractivity contribution < 1.29 is 4.39 Å². The number of rotatable bonds is 6. The lowest BCUT2D eigenvalue weighted by Gasteiger charge is -2.20. The van der Waals surface area contributed by atoms with Gasteiger partial charge in [0.1, 0.15) is 5.82 Å². The first kappa shape index (κ1) is 15.0. The fraction of sp³-hybridized carbons (Fsp3) is 0.400. The second-order valence-corrected chi connectivity index (χ2v) is 5.20. The Hall–Kier alpha value is -1.39. The van der Waals surface area contributed by atoms with Gasteiger partial charge in [0.05, 0.1) is 29.5 Å². The van der Waals surface area contributed by atoms with Crippen molar-refractivity contribution in [3.63, 3.8) is 0 Å². The lowest BCUT2D eigenvalue weighted by molar-refractivity contribution is 0.419. The first-order chi connectivity index (χ1) is 9.63. The van der Waals surface area contributed by atoms with Gasteiger partial charge in [0.25, 0.3) is 0 Å². The molecule has 0 radical (unpaired) electrons. The van der Waals surface area contributed by atoms with Crippen LogP contribution in [0.4, 0.5) is 4.39 Å². The van der Waals surface area contributed by atoms with Gasteiger partial charge in [-0.3, -0.25) is 4.68 Å². The minimum absolute atomic E-state index is 0.120. The fourth-order valence-corrected chi connectivity index (χ4v) is 2.27. The van der Waals surface area contributed by atoms with Gasteiger partial charge in [-0.1, -0.05) is 36.7 Å². The van der Waals surface area contributed by atoms with Crippen molar-refractivity contribution in [1.82, 2.24) is 15.1 Å². The van der Waals surface area contributed by atoms with Crippen molar-refractivity contribution in [1.29, 1.82) is 0 Å². The van der Waals surface area contributed by atoms with Crippen LogP contribution in [-0.2, 0) is 6.54 Å². The largest absolute Gasteiger partial charge is 0.308 e. The summed E-state index contributed by atoms with van der Waals surface area (Å²) in [6, 6.07) is 6.72. The molecular formula is C15H19ClFN3. The Morgan fingerprint density at radius 2 is 2.15 bits per heavy atom. The van der Waals surface area contributed by atoms with Crippen LogP contribution in [0.2, 0.25) is 5.02 Å². The highest BCUT2D eigenvalue weighted by atomic mass is 35.5. The minimum atomic E-state index is -0.197. The zero-order chi connectivity index (χ0) is 14.5. The molecule has 0 amide bonds. The maximum absolute atomic E-state index is 14.0. The zero-order valence-electron chi connectivity index (χ0n) is 11.7. The summed E-state index contributed by atoms with van der Waals surface area (Å²) >= 11 is 6.02. The smallest absolute Gasteiger partial charge is 0.128 e. The minimum Gasteiger partial charge on any atom is -0.308 e. The highest BCUT2D eigenvalue weighted by Crippen LogP contribution is 2.21. The zero-order valence-corrected chi connectivity index (χ0v) is 12.5. The van der Waals surface area contributed by atoms with Gasteiger partial charge in [-0.25, -0.2) is 4.39 Å². The van der Waals surface area contributed by atoms with Gasteiger partial charge < -0.3 is 5.32 Å². The van der Waals surface area contributed by atoms with Crippen LogP contribution in [0.1, 0.15) is 30.6 Å². The van der Waals surface area contributed by atoms with Crippen LogP contribution >= 0.6 is 11.6 Å². The van der Waals surface area contributed by atoms with E-state index in [4.69, 9.17) is 11.6 Å². The standard InChI is InChI=1S/C15H19ClFN3/c1-3-8-18-15(12-6-4-5-7-14(12)17)10-20-11(2)13(16)9-19-20/h4-7,9,15,18H,3,8,10H2,1-2H3. The molecule has 1 aromatic carbocycles. The molecule has 0 aliphatic heterocycles. The molecule has 0 aliphatic rings. The lowest BCUT2D eigenvalue weighted by Crippen LogP contribution is -2.28. The molecule has 1 heterocycles. The normalized spacial score (nSPS) is 12.6. The average Bonchev–Trinajstić information content (AvgIpc) is 2.76. The van der Waals surface area contributed by atoms with Gasteiger partial charge in [0.2, 0.25) is 0 Å². The molecule has 1 N–H and O–H groups in total.